The second-order valence-corrected chi connectivity index (χ2v) is 6.90. The maximum Gasteiger partial charge on any atom is 0.256 e. The van der Waals surface area contributed by atoms with E-state index in [-0.39, 0.29) is 12.0 Å². The number of anilines is 1. The molecule has 1 aliphatic rings. The van der Waals surface area contributed by atoms with Crippen molar-refractivity contribution in [3.63, 3.8) is 0 Å². The van der Waals surface area contributed by atoms with Gasteiger partial charge in [-0.3, -0.25) is 9.59 Å². The van der Waals surface area contributed by atoms with E-state index in [0.717, 1.165) is 30.1 Å². The monoisotopic (exact) mass is 356 g/mol. The lowest BCUT2D eigenvalue weighted by Crippen LogP contribution is -2.15. The largest absolute Gasteiger partial charge is 0.377 e. The first-order valence-corrected chi connectivity index (χ1v) is 9.16. The molecule has 1 fully saturated rings. The Balaban J connectivity index is 1.67. The van der Waals surface area contributed by atoms with E-state index in [0.29, 0.717) is 16.8 Å². The fraction of sp³-hybridized carbons (Fsp3) is 0.263. The van der Waals surface area contributed by atoms with Crippen LogP contribution in [0, 0.1) is 0 Å². The van der Waals surface area contributed by atoms with Gasteiger partial charge >= 0.3 is 0 Å². The second kappa shape index (κ2) is 8.18. The molecule has 0 aromatic heterocycles. The fourth-order valence-electron chi connectivity index (χ4n) is 2.65. The molecule has 1 aliphatic heterocycles. The Kier molecular flexibility index (Phi) is 5.73. The van der Waals surface area contributed by atoms with Crippen LogP contribution < -0.4 is 11.1 Å². The summed E-state index contributed by atoms with van der Waals surface area (Å²) in [7, 11) is 0. The van der Waals surface area contributed by atoms with E-state index in [1.54, 1.807) is 36.0 Å². The van der Waals surface area contributed by atoms with Crippen molar-refractivity contribution in [1.82, 2.24) is 0 Å². The number of hydrogen-bond acceptors (Lipinski definition) is 4. The predicted molar refractivity (Wildman–Crippen MR) is 99.1 cm³/mol. The van der Waals surface area contributed by atoms with Gasteiger partial charge < -0.3 is 15.8 Å². The fourth-order valence-corrected chi connectivity index (χ4v) is 3.77. The topological polar surface area (TPSA) is 81.4 Å². The van der Waals surface area contributed by atoms with Gasteiger partial charge in [0, 0.05) is 28.5 Å². The van der Waals surface area contributed by atoms with Crippen LogP contribution in [0.2, 0.25) is 0 Å². The summed E-state index contributed by atoms with van der Waals surface area (Å²) in [6, 6.07) is 14.1. The van der Waals surface area contributed by atoms with Crippen molar-refractivity contribution in [3.05, 3.63) is 59.7 Å². The minimum atomic E-state index is -0.492. The number of hydrogen-bond donors (Lipinski definition) is 2. The van der Waals surface area contributed by atoms with Gasteiger partial charge in [0.15, 0.2) is 0 Å². The van der Waals surface area contributed by atoms with Gasteiger partial charge in [-0.25, -0.2) is 0 Å². The summed E-state index contributed by atoms with van der Waals surface area (Å²) >= 11 is 1.64. The minimum Gasteiger partial charge on any atom is -0.377 e. The number of ether oxygens (including phenoxy) is 1. The highest BCUT2D eigenvalue weighted by molar-refractivity contribution is 7.99. The maximum absolute atomic E-state index is 12.6. The van der Waals surface area contributed by atoms with Crippen LogP contribution in [0.1, 0.15) is 33.6 Å². The zero-order chi connectivity index (χ0) is 17.6. The van der Waals surface area contributed by atoms with Crippen molar-refractivity contribution in [3.8, 4) is 0 Å². The van der Waals surface area contributed by atoms with Crippen molar-refractivity contribution in [2.24, 2.45) is 5.73 Å². The van der Waals surface area contributed by atoms with Crippen LogP contribution in [0.15, 0.2) is 53.4 Å². The van der Waals surface area contributed by atoms with Crippen molar-refractivity contribution in [2.75, 3.05) is 17.7 Å². The van der Waals surface area contributed by atoms with E-state index in [1.807, 2.05) is 24.3 Å². The van der Waals surface area contributed by atoms with E-state index in [9.17, 15) is 9.59 Å². The number of primary amides is 1. The smallest absolute Gasteiger partial charge is 0.256 e. The van der Waals surface area contributed by atoms with Gasteiger partial charge in [0.25, 0.3) is 5.91 Å². The number of rotatable bonds is 6. The molecule has 6 heteroatoms. The predicted octanol–water partition coefficient (Wildman–Crippen LogP) is 3.31. The molecule has 0 saturated carbocycles. The molecule has 0 aliphatic carbocycles. The summed E-state index contributed by atoms with van der Waals surface area (Å²) < 4.78 is 5.64. The summed E-state index contributed by atoms with van der Waals surface area (Å²) in [5.74, 6) is 0.174. The van der Waals surface area contributed by atoms with Crippen molar-refractivity contribution in [1.29, 1.82) is 0 Å². The van der Waals surface area contributed by atoms with Gasteiger partial charge in [0.05, 0.1) is 11.7 Å². The van der Waals surface area contributed by atoms with Gasteiger partial charge in [-0.2, -0.15) is 0 Å². The molecular weight excluding hydrogens is 336 g/mol. The molecule has 5 nitrogen and oxygen atoms in total. The second-order valence-electron chi connectivity index (χ2n) is 5.84. The Morgan fingerprint density at radius 2 is 1.92 bits per heavy atom. The Morgan fingerprint density at radius 1 is 1.16 bits per heavy atom. The lowest BCUT2D eigenvalue weighted by Gasteiger charge is -2.12. The molecule has 0 spiro atoms. The standard InChI is InChI=1S/C19H20N2O3S/c20-18(22)13-7-9-14(10-8-13)21-19(23)16-5-1-2-6-17(16)25-12-15-4-3-11-24-15/h1-2,5-10,15H,3-4,11-12H2,(H2,20,22)(H,21,23)/t15-/m1/s1. The summed E-state index contributed by atoms with van der Waals surface area (Å²) in [5, 5.41) is 2.86. The Morgan fingerprint density at radius 3 is 2.60 bits per heavy atom. The van der Waals surface area contributed by atoms with Gasteiger partial charge in [-0.15, -0.1) is 11.8 Å². The molecule has 2 aromatic carbocycles. The summed E-state index contributed by atoms with van der Waals surface area (Å²) in [4.78, 5) is 24.6. The lowest BCUT2D eigenvalue weighted by atomic mass is 10.1. The van der Waals surface area contributed by atoms with E-state index < -0.39 is 5.91 Å². The normalized spacial score (nSPS) is 16.6. The van der Waals surface area contributed by atoms with E-state index >= 15 is 0 Å². The number of carbonyl (C=O) groups is 2. The van der Waals surface area contributed by atoms with Gasteiger partial charge in [-0.05, 0) is 49.2 Å². The maximum atomic E-state index is 12.6. The Labute approximate surface area is 150 Å². The first-order chi connectivity index (χ1) is 12.1. The number of amides is 2. The van der Waals surface area contributed by atoms with Crippen molar-refractivity contribution in [2.45, 2.75) is 23.8 Å². The number of nitrogens with two attached hydrogens (primary N) is 1. The van der Waals surface area contributed by atoms with Crippen LogP contribution in [0.25, 0.3) is 0 Å². The summed E-state index contributed by atoms with van der Waals surface area (Å²) in [6.07, 6.45) is 2.45. The van der Waals surface area contributed by atoms with Gasteiger partial charge in [0.2, 0.25) is 5.91 Å². The van der Waals surface area contributed by atoms with Crippen LogP contribution in [0.3, 0.4) is 0 Å². The van der Waals surface area contributed by atoms with Crippen molar-refractivity contribution < 1.29 is 14.3 Å². The third-order valence-corrected chi connectivity index (χ3v) is 5.21. The highest BCUT2D eigenvalue weighted by Crippen LogP contribution is 2.27. The minimum absolute atomic E-state index is 0.178. The molecule has 3 rings (SSSR count). The molecule has 25 heavy (non-hydrogen) atoms. The Hall–Kier alpha value is -2.31. The number of thioether (sulfide) groups is 1. The zero-order valence-corrected chi connectivity index (χ0v) is 14.6. The molecule has 1 heterocycles. The average molecular weight is 356 g/mol. The number of carbonyl (C=O) groups excluding carboxylic acids is 2. The quantitative estimate of drug-likeness (QED) is 0.778. The lowest BCUT2D eigenvalue weighted by molar-refractivity contribution is 0.0998. The van der Waals surface area contributed by atoms with Crippen LogP contribution in [-0.2, 0) is 4.74 Å². The van der Waals surface area contributed by atoms with Crippen LogP contribution in [0.4, 0.5) is 5.69 Å². The highest BCUT2D eigenvalue weighted by Gasteiger charge is 2.18. The molecule has 2 aromatic rings. The molecule has 130 valence electrons. The Bertz CT molecular complexity index is 756. The molecule has 3 N–H and O–H groups in total. The molecule has 2 amide bonds. The van der Waals surface area contributed by atoms with Crippen molar-refractivity contribution >= 4 is 29.3 Å². The third kappa shape index (κ3) is 4.61. The van der Waals surface area contributed by atoms with Crippen LogP contribution in [-0.4, -0.2) is 30.3 Å². The molecule has 1 saturated heterocycles. The van der Waals surface area contributed by atoms with Gasteiger partial charge in [-0.1, -0.05) is 12.1 Å². The summed E-state index contributed by atoms with van der Waals surface area (Å²) in [6.45, 7) is 0.828. The van der Waals surface area contributed by atoms with E-state index in [2.05, 4.69) is 5.32 Å². The summed E-state index contributed by atoms with van der Waals surface area (Å²) in [5.41, 5.74) is 6.88. The van der Waals surface area contributed by atoms with Crippen LogP contribution >= 0.6 is 11.8 Å². The average Bonchev–Trinajstić information content (AvgIpc) is 3.14. The molecule has 0 bridgehead atoms. The number of nitrogens with one attached hydrogen (secondary N) is 1. The molecule has 0 radical (unpaired) electrons. The van der Waals surface area contributed by atoms with Gasteiger partial charge in [0.1, 0.15) is 0 Å². The zero-order valence-electron chi connectivity index (χ0n) is 13.7. The highest BCUT2D eigenvalue weighted by atomic mass is 32.2. The molecule has 1 atom stereocenters. The molecular formula is C19H20N2O3S. The van der Waals surface area contributed by atoms with E-state index in [1.165, 1.54) is 0 Å². The number of benzene rings is 2. The molecule has 0 unspecified atom stereocenters. The van der Waals surface area contributed by atoms with Crippen LogP contribution in [0.5, 0.6) is 0 Å². The first-order valence-electron chi connectivity index (χ1n) is 8.18. The first kappa shape index (κ1) is 17.5. The third-order valence-electron chi connectivity index (χ3n) is 4.01. The van der Waals surface area contributed by atoms with E-state index in [4.69, 9.17) is 10.5 Å². The SMILES string of the molecule is NC(=O)c1ccc(NC(=O)c2ccccc2SC[C@H]2CCCO2)cc1.